The monoisotopic (exact) mass is 466 g/mol. The second kappa shape index (κ2) is 20.5. The van der Waals surface area contributed by atoms with Gasteiger partial charge in [-0.15, -0.1) is 13.2 Å². The highest BCUT2D eigenvalue weighted by Crippen LogP contribution is 2.20. The minimum atomic E-state index is -1.44. The molecule has 0 atom stereocenters. The van der Waals surface area contributed by atoms with Crippen LogP contribution in [0.4, 0.5) is 0 Å². The molecule has 0 saturated heterocycles. The second-order valence-corrected chi connectivity index (χ2v) is 9.08. The average Bonchev–Trinajstić information content (AvgIpc) is 2.79. The Kier molecular flexibility index (Phi) is 19.2. The first-order valence-corrected chi connectivity index (χ1v) is 12.6. The molecule has 0 bridgehead atoms. The number of esters is 2. The zero-order valence-electron chi connectivity index (χ0n) is 20.8. The summed E-state index contributed by atoms with van der Waals surface area (Å²) in [7, 11) is 0. The Labute approximate surface area is 200 Å². The van der Waals surface area contributed by atoms with Crippen molar-refractivity contribution in [3.05, 3.63) is 25.3 Å². The summed E-state index contributed by atoms with van der Waals surface area (Å²) in [5.74, 6) is -1.97. The summed E-state index contributed by atoms with van der Waals surface area (Å²) in [6, 6.07) is 0. The third kappa shape index (κ3) is 18.0. The normalized spacial score (nSPS) is 11.1. The maximum atomic E-state index is 12.0. The molecule has 190 valence electrons. The lowest BCUT2D eigenvalue weighted by Gasteiger charge is -2.24. The van der Waals surface area contributed by atoms with Crippen molar-refractivity contribution < 1.29 is 29.0 Å². The van der Waals surface area contributed by atoms with Crippen LogP contribution in [0, 0.1) is 5.41 Å². The molecule has 0 aliphatic heterocycles. The lowest BCUT2D eigenvalue weighted by atomic mass is 9.93. The molecule has 0 spiro atoms. The number of carboxylic acids is 1. The van der Waals surface area contributed by atoms with Crippen molar-refractivity contribution in [1.29, 1.82) is 0 Å². The van der Waals surface area contributed by atoms with E-state index >= 15 is 0 Å². The van der Waals surface area contributed by atoms with Gasteiger partial charge in [0.1, 0.15) is 18.6 Å². The van der Waals surface area contributed by atoms with Crippen molar-refractivity contribution in [2.75, 3.05) is 13.2 Å². The van der Waals surface area contributed by atoms with Gasteiger partial charge in [0.05, 0.1) is 0 Å². The first kappa shape index (κ1) is 30.9. The summed E-state index contributed by atoms with van der Waals surface area (Å²) in [5.41, 5.74) is -1.44. The van der Waals surface area contributed by atoms with E-state index in [1.54, 1.807) is 0 Å². The maximum Gasteiger partial charge on any atom is 0.316 e. The molecule has 33 heavy (non-hydrogen) atoms. The molecule has 0 aliphatic rings. The fourth-order valence-corrected chi connectivity index (χ4v) is 3.32. The van der Waals surface area contributed by atoms with Crippen LogP contribution in [0.2, 0.25) is 0 Å². The van der Waals surface area contributed by atoms with Gasteiger partial charge in [0.2, 0.25) is 0 Å². The predicted molar refractivity (Wildman–Crippen MR) is 132 cm³/mol. The number of rotatable bonds is 23. The zero-order chi connectivity index (χ0) is 24.8. The molecule has 0 saturated carbocycles. The van der Waals surface area contributed by atoms with Crippen molar-refractivity contribution >= 4 is 17.9 Å². The van der Waals surface area contributed by atoms with E-state index < -0.39 is 23.3 Å². The Bertz CT molecular complexity index is 529. The molecule has 0 unspecified atom stereocenters. The van der Waals surface area contributed by atoms with Crippen molar-refractivity contribution in [3.63, 3.8) is 0 Å². The van der Waals surface area contributed by atoms with Crippen LogP contribution in [0.15, 0.2) is 25.3 Å². The number of ether oxygens (including phenoxy) is 2. The van der Waals surface area contributed by atoms with Crippen LogP contribution in [-0.2, 0) is 23.9 Å². The number of carbonyl (C=O) groups is 3. The van der Waals surface area contributed by atoms with E-state index in [0.717, 1.165) is 77.0 Å². The van der Waals surface area contributed by atoms with E-state index in [-0.39, 0.29) is 26.1 Å². The van der Waals surface area contributed by atoms with Crippen LogP contribution >= 0.6 is 0 Å². The highest BCUT2D eigenvalue weighted by molar-refractivity contribution is 5.76. The van der Waals surface area contributed by atoms with Crippen molar-refractivity contribution in [2.24, 2.45) is 5.41 Å². The lowest BCUT2D eigenvalue weighted by Crippen LogP contribution is -2.39. The number of allylic oxidation sites excluding steroid dienone is 2. The van der Waals surface area contributed by atoms with Crippen LogP contribution in [0.5, 0.6) is 0 Å². The zero-order valence-corrected chi connectivity index (χ0v) is 20.8. The van der Waals surface area contributed by atoms with Crippen LogP contribution in [0.3, 0.4) is 0 Å². The van der Waals surface area contributed by atoms with Crippen LogP contribution in [0.1, 0.15) is 110 Å². The van der Waals surface area contributed by atoms with E-state index in [0.29, 0.717) is 0 Å². The highest BCUT2D eigenvalue weighted by atomic mass is 16.6. The molecular weight excluding hydrogens is 420 g/mol. The molecule has 1 N–H and O–H groups in total. The first-order valence-electron chi connectivity index (χ1n) is 12.6. The molecule has 0 radical (unpaired) electrons. The van der Waals surface area contributed by atoms with Gasteiger partial charge >= 0.3 is 17.9 Å². The largest absolute Gasteiger partial charge is 0.481 e. The summed E-state index contributed by atoms with van der Waals surface area (Å²) in [6.45, 7) is 8.23. The van der Waals surface area contributed by atoms with Crippen molar-refractivity contribution in [3.8, 4) is 0 Å². The standard InChI is InChI=1S/C27H46O6/c1-4-6-8-10-12-14-16-18-20-24(28)32-22-27(3,26(30)31)23-33-25(29)21-19-17-15-13-11-9-7-5-2/h4-5H,1-2,6-23H2,3H3,(H,30,31). The minimum absolute atomic E-state index is 0.274. The Balaban J connectivity index is 3.99. The van der Waals surface area contributed by atoms with Crippen LogP contribution in [0.25, 0.3) is 0 Å². The Morgan fingerprint density at radius 1 is 0.667 bits per heavy atom. The third-order valence-electron chi connectivity index (χ3n) is 5.70. The van der Waals surface area contributed by atoms with Gasteiger partial charge in [-0.1, -0.05) is 63.5 Å². The van der Waals surface area contributed by atoms with Crippen molar-refractivity contribution in [2.45, 2.75) is 110 Å². The molecule has 0 aliphatic carbocycles. The molecule has 6 heteroatoms. The Hall–Kier alpha value is -2.11. The lowest BCUT2D eigenvalue weighted by molar-refractivity contribution is -0.165. The maximum absolute atomic E-state index is 12.0. The summed E-state index contributed by atoms with van der Waals surface area (Å²) >= 11 is 0. The fraction of sp³-hybridized carbons (Fsp3) is 0.741. The van der Waals surface area contributed by atoms with E-state index in [2.05, 4.69) is 13.2 Å². The van der Waals surface area contributed by atoms with Crippen molar-refractivity contribution in [1.82, 2.24) is 0 Å². The van der Waals surface area contributed by atoms with E-state index in [1.807, 2.05) is 12.2 Å². The quantitative estimate of drug-likeness (QED) is 0.101. The minimum Gasteiger partial charge on any atom is -0.481 e. The van der Waals surface area contributed by atoms with Crippen LogP contribution in [-0.4, -0.2) is 36.2 Å². The van der Waals surface area contributed by atoms with E-state index in [1.165, 1.54) is 19.8 Å². The van der Waals surface area contributed by atoms with Gasteiger partial charge in [0, 0.05) is 12.8 Å². The number of carbonyl (C=O) groups excluding carboxylic acids is 2. The number of hydrogen-bond donors (Lipinski definition) is 1. The van der Waals surface area contributed by atoms with Gasteiger partial charge in [-0.05, 0) is 45.4 Å². The molecule has 0 fully saturated rings. The fourth-order valence-electron chi connectivity index (χ4n) is 3.32. The summed E-state index contributed by atoms with van der Waals surface area (Å²) < 4.78 is 10.4. The molecule has 6 nitrogen and oxygen atoms in total. The average molecular weight is 467 g/mol. The Morgan fingerprint density at radius 2 is 1.00 bits per heavy atom. The molecule has 0 rings (SSSR count). The third-order valence-corrected chi connectivity index (χ3v) is 5.70. The number of hydrogen-bond acceptors (Lipinski definition) is 5. The van der Waals surface area contributed by atoms with Gasteiger partial charge in [0.25, 0.3) is 0 Å². The number of unbranched alkanes of at least 4 members (excludes halogenated alkanes) is 12. The van der Waals surface area contributed by atoms with Gasteiger partial charge < -0.3 is 14.6 Å². The summed E-state index contributed by atoms with van der Waals surface area (Å²) in [6.07, 6.45) is 18.9. The first-order chi connectivity index (χ1) is 15.9. The van der Waals surface area contributed by atoms with E-state index in [4.69, 9.17) is 9.47 Å². The summed E-state index contributed by atoms with van der Waals surface area (Å²) in [4.78, 5) is 35.6. The second-order valence-electron chi connectivity index (χ2n) is 9.08. The van der Waals surface area contributed by atoms with Gasteiger partial charge in [-0.3, -0.25) is 14.4 Å². The van der Waals surface area contributed by atoms with Gasteiger partial charge in [0.15, 0.2) is 0 Å². The molecule has 0 heterocycles. The Morgan fingerprint density at radius 3 is 1.33 bits per heavy atom. The molecule has 0 aromatic carbocycles. The molecule has 0 aromatic rings. The summed E-state index contributed by atoms with van der Waals surface area (Å²) in [5, 5.41) is 9.53. The van der Waals surface area contributed by atoms with Gasteiger partial charge in [-0.25, -0.2) is 0 Å². The topological polar surface area (TPSA) is 89.9 Å². The number of carboxylic acid groups (broad SMARTS) is 1. The predicted octanol–water partition coefficient (Wildman–Crippen LogP) is 6.78. The molecule has 0 aromatic heterocycles. The van der Waals surface area contributed by atoms with E-state index in [9.17, 15) is 19.5 Å². The SMILES string of the molecule is C=CCCCCCCCCC(=O)OCC(C)(COC(=O)CCCCCCCCC=C)C(=O)O. The molecular formula is C27H46O6. The number of aliphatic carboxylic acids is 1. The smallest absolute Gasteiger partial charge is 0.316 e. The molecule has 0 amide bonds. The van der Waals surface area contributed by atoms with Gasteiger partial charge in [-0.2, -0.15) is 0 Å². The highest BCUT2D eigenvalue weighted by Gasteiger charge is 2.36. The van der Waals surface area contributed by atoms with Crippen LogP contribution < -0.4 is 0 Å².